The van der Waals surface area contributed by atoms with Gasteiger partial charge in [-0.05, 0) is 12.1 Å². The predicted octanol–water partition coefficient (Wildman–Crippen LogP) is 1.60. The van der Waals surface area contributed by atoms with E-state index in [0.717, 1.165) is 0 Å². The van der Waals surface area contributed by atoms with E-state index in [-0.39, 0.29) is 6.61 Å². The van der Waals surface area contributed by atoms with Crippen molar-refractivity contribution in [1.29, 1.82) is 0 Å². The summed E-state index contributed by atoms with van der Waals surface area (Å²) in [5.74, 6) is 5.64. The van der Waals surface area contributed by atoms with Crippen LogP contribution in [0.1, 0.15) is 5.56 Å². The number of halogens is 2. The van der Waals surface area contributed by atoms with Crippen LogP contribution < -0.4 is 16.6 Å². The maximum absolute atomic E-state index is 9.06. The van der Waals surface area contributed by atoms with E-state index >= 15 is 0 Å². The summed E-state index contributed by atoms with van der Waals surface area (Å²) in [6, 6.07) is 3.25. The Kier molecular flexibility index (Phi) is 4.23. The molecule has 0 aliphatic heterocycles. The lowest BCUT2D eigenvalue weighted by Crippen LogP contribution is -2.25. The van der Waals surface area contributed by atoms with Gasteiger partial charge in [-0.15, -0.1) is 0 Å². The molecule has 0 heterocycles. The van der Waals surface area contributed by atoms with Gasteiger partial charge in [-0.25, -0.2) is 5.84 Å². The standard InChI is InChI=1S/C9H11Cl2N3O/c10-7-1-2-8(14(13)4-3-12)9(11)6(7)5-15/h1-4,15H,5,12-13H2/b4-3-. The molecular weight excluding hydrogens is 237 g/mol. The second-order valence-electron chi connectivity index (χ2n) is 2.77. The van der Waals surface area contributed by atoms with E-state index < -0.39 is 0 Å². The van der Waals surface area contributed by atoms with Crippen molar-refractivity contribution in [3.8, 4) is 0 Å². The summed E-state index contributed by atoms with van der Waals surface area (Å²) in [4.78, 5) is 0. The average Bonchev–Trinajstić information content (AvgIpc) is 2.18. The number of aliphatic hydroxyl groups is 1. The quantitative estimate of drug-likeness (QED) is 0.561. The third kappa shape index (κ3) is 2.54. The topological polar surface area (TPSA) is 75.5 Å². The van der Waals surface area contributed by atoms with Crippen LogP contribution in [0, 0.1) is 0 Å². The Morgan fingerprint density at radius 2 is 2.07 bits per heavy atom. The van der Waals surface area contributed by atoms with Crippen LogP contribution in [-0.4, -0.2) is 5.11 Å². The third-order valence-electron chi connectivity index (χ3n) is 1.85. The Hall–Kier alpha value is -0.940. The molecular formula is C9H11Cl2N3O. The molecule has 0 aliphatic carbocycles. The number of nitrogens with zero attached hydrogens (tertiary/aromatic N) is 1. The molecule has 0 atom stereocenters. The van der Waals surface area contributed by atoms with Gasteiger partial charge < -0.3 is 10.8 Å². The third-order valence-corrected chi connectivity index (χ3v) is 2.62. The normalized spacial score (nSPS) is 10.9. The summed E-state index contributed by atoms with van der Waals surface area (Å²) >= 11 is 11.8. The monoisotopic (exact) mass is 247 g/mol. The summed E-state index contributed by atoms with van der Waals surface area (Å²) in [5, 5.41) is 11.0. The van der Waals surface area contributed by atoms with Gasteiger partial charge in [0.05, 0.1) is 17.3 Å². The molecule has 0 fully saturated rings. The summed E-state index contributed by atoms with van der Waals surface area (Å²) in [7, 11) is 0. The van der Waals surface area contributed by atoms with Gasteiger partial charge >= 0.3 is 0 Å². The molecule has 0 spiro atoms. The van der Waals surface area contributed by atoms with Crippen LogP contribution in [0.2, 0.25) is 10.0 Å². The molecule has 15 heavy (non-hydrogen) atoms. The summed E-state index contributed by atoms with van der Waals surface area (Å²) in [6.07, 6.45) is 2.72. The number of hydrazine groups is 1. The molecule has 0 aliphatic rings. The van der Waals surface area contributed by atoms with Crippen molar-refractivity contribution in [3.63, 3.8) is 0 Å². The van der Waals surface area contributed by atoms with Crippen molar-refractivity contribution in [2.75, 3.05) is 5.01 Å². The first-order chi connectivity index (χ1) is 7.11. The number of hydrogen-bond acceptors (Lipinski definition) is 4. The van der Waals surface area contributed by atoms with Gasteiger partial charge in [-0.3, -0.25) is 5.01 Å². The minimum Gasteiger partial charge on any atom is -0.403 e. The van der Waals surface area contributed by atoms with Gasteiger partial charge in [0, 0.05) is 23.0 Å². The minimum absolute atomic E-state index is 0.244. The Morgan fingerprint density at radius 1 is 1.40 bits per heavy atom. The highest BCUT2D eigenvalue weighted by atomic mass is 35.5. The Bertz CT molecular complexity index is 382. The van der Waals surface area contributed by atoms with E-state index in [1.54, 1.807) is 12.1 Å². The fraction of sp³-hybridized carbons (Fsp3) is 0.111. The van der Waals surface area contributed by atoms with Gasteiger partial charge in [0.2, 0.25) is 0 Å². The van der Waals surface area contributed by atoms with Gasteiger partial charge in [0.25, 0.3) is 0 Å². The van der Waals surface area contributed by atoms with E-state index in [1.807, 2.05) is 0 Å². The minimum atomic E-state index is -0.244. The van der Waals surface area contributed by atoms with Crippen LogP contribution in [0.5, 0.6) is 0 Å². The van der Waals surface area contributed by atoms with Crippen molar-refractivity contribution in [2.45, 2.75) is 6.61 Å². The van der Waals surface area contributed by atoms with Crippen molar-refractivity contribution in [1.82, 2.24) is 0 Å². The fourth-order valence-corrected chi connectivity index (χ4v) is 1.69. The number of hydrogen-bond donors (Lipinski definition) is 3. The molecule has 5 N–H and O–H groups in total. The van der Waals surface area contributed by atoms with Crippen molar-refractivity contribution >= 4 is 28.9 Å². The number of aliphatic hydroxyl groups excluding tert-OH is 1. The Balaban J connectivity index is 3.21. The first kappa shape index (κ1) is 12.1. The molecule has 1 aromatic carbocycles. The number of benzene rings is 1. The summed E-state index contributed by atoms with van der Waals surface area (Å²) in [6.45, 7) is -0.244. The number of nitrogens with two attached hydrogens (primary N) is 2. The highest BCUT2D eigenvalue weighted by Crippen LogP contribution is 2.33. The first-order valence-electron chi connectivity index (χ1n) is 4.12. The molecule has 0 bridgehead atoms. The highest BCUT2D eigenvalue weighted by Gasteiger charge is 2.11. The molecule has 0 saturated heterocycles. The lowest BCUT2D eigenvalue weighted by molar-refractivity contribution is 0.282. The van der Waals surface area contributed by atoms with Crippen molar-refractivity contribution in [3.05, 3.63) is 40.1 Å². The molecule has 0 radical (unpaired) electrons. The molecule has 82 valence electrons. The smallest absolute Gasteiger partial charge is 0.0759 e. The molecule has 0 amide bonds. The zero-order chi connectivity index (χ0) is 11.4. The van der Waals surface area contributed by atoms with Crippen molar-refractivity contribution < 1.29 is 5.11 Å². The molecule has 0 saturated carbocycles. The fourth-order valence-electron chi connectivity index (χ4n) is 1.10. The number of anilines is 1. The largest absolute Gasteiger partial charge is 0.403 e. The second-order valence-corrected chi connectivity index (χ2v) is 3.55. The van der Waals surface area contributed by atoms with E-state index in [1.165, 1.54) is 17.4 Å². The van der Waals surface area contributed by atoms with Crippen LogP contribution >= 0.6 is 23.2 Å². The average molecular weight is 248 g/mol. The van der Waals surface area contributed by atoms with Crippen LogP contribution in [0.15, 0.2) is 24.5 Å². The van der Waals surface area contributed by atoms with Crippen LogP contribution in [0.25, 0.3) is 0 Å². The molecule has 6 heteroatoms. The zero-order valence-electron chi connectivity index (χ0n) is 7.82. The second kappa shape index (κ2) is 5.23. The van der Waals surface area contributed by atoms with Gasteiger partial charge in [-0.1, -0.05) is 23.2 Å². The Morgan fingerprint density at radius 3 is 2.60 bits per heavy atom. The van der Waals surface area contributed by atoms with Crippen LogP contribution in [0.3, 0.4) is 0 Å². The maximum Gasteiger partial charge on any atom is 0.0759 e. The van der Waals surface area contributed by atoms with E-state index in [4.69, 9.17) is 39.9 Å². The zero-order valence-corrected chi connectivity index (χ0v) is 9.33. The predicted molar refractivity (Wildman–Crippen MR) is 62.4 cm³/mol. The number of rotatable bonds is 3. The molecule has 1 aromatic rings. The van der Waals surface area contributed by atoms with E-state index in [0.29, 0.717) is 21.3 Å². The summed E-state index contributed by atoms with van der Waals surface area (Å²) < 4.78 is 0. The van der Waals surface area contributed by atoms with Gasteiger partial charge in [0.15, 0.2) is 0 Å². The lowest BCUT2D eigenvalue weighted by Gasteiger charge is -2.17. The van der Waals surface area contributed by atoms with Crippen LogP contribution in [-0.2, 0) is 6.61 Å². The first-order valence-corrected chi connectivity index (χ1v) is 4.87. The lowest BCUT2D eigenvalue weighted by atomic mass is 10.2. The van der Waals surface area contributed by atoms with E-state index in [2.05, 4.69) is 0 Å². The SMILES string of the molecule is N/C=C\N(N)c1ccc(Cl)c(CO)c1Cl. The maximum atomic E-state index is 9.06. The van der Waals surface area contributed by atoms with E-state index in [9.17, 15) is 0 Å². The highest BCUT2D eigenvalue weighted by molar-refractivity contribution is 6.37. The van der Waals surface area contributed by atoms with Gasteiger partial charge in [-0.2, -0.15) is 0 Å². The van der Waals surface area contributed by atoms with Crippen LogP contribution in [0.4, 0.5) is 5.69 Å². The molecule has 0 aromatic heterocycles. The van der Waals surface area contributed by atoms with Crippen molar-refractivity contribution in [2.24, 2.45) is 11.6 Å². The molecule has 0 unspecified atom stereocenters. The summed E-state index contributed by atoms with van der Waals surface area (Å²) in [5.41, 5.74) is 6.16. The molecule has 1 rings (SSSR count). The Labute approximate surface area is 97.6 Å². The van der Waals surface area contributed by atoms with Gasteiger partial charge in [0.1, 0.15) is 0 Å². The molecule has 4 nitrogen and oxygen atoms in total.